The molecule has 1 amide bonds. The van der Waals surface area contributed by atoms with Crippen LogP contribution >= 0.6 is 0 Å². The standard InChI is InChI=1S/C14H13F2N3O/c15-10-4-5-11(17)13(16)12(10)14(20)19-8-6-9-3-1-2-7-18-9/h1-5,7H,6,8,17H2,(H,19,20). The third kappa shape index (κ3) is 3.09. The van der Waals surface area contributed by atoms with Crippen LogP contribution in [-0.2, 0) is 6.42 Å². The predicted octanol–water partition coefficient (Wildman–Crippen LogP) is 1.91. The van der Waals surface area contributed by atoms with Crippen LogP contribution in [0.25, 0.3) is 0 Å². The highest BCUT2D eigenvalue weighted by Crippen LogP contribution is 2.18. The molecule has 1 aromatic carbocycles. The van der Waals surface area contributed by atoms with Crippen molar-refractivity contribution < 1.29 is 13.6 Å². The molecule has 104 valence electrons. The van der Waals surface area contributed by atoms with Crippen LogP contribution in [0.3, 0.4) is 0 Å². The Morgan fingerprint density at radius 1 is 1.25 bits per heavy atom. The van der Waals surface area contributed by atoms with Gasteiger partial charge in [-0.15, -0.1) is 0 Å². The van der Waals surface area contributed by atoms with E-state index >= 15 is 0 Å². The molecule has 0 atom stereocenters. The number of pyridine rings is 1. The Morgan fingerprint density at radius 2 is 2.05 bits per heavy atom. The lowest BCUT2D eigenvalue weighted by atomic mass is 10.1. The average Bonchev–Trinajstić information content (AvgIpc) is 2.44. The summed E-state index contributed by atoms with van der Waals surface area (Å²) in [5.41, 5.74) is 5.17. The summed E-state index contributed by atoms with van der Waals surface area (Å²) in [5, 5.41) is 2.44. The third-order valence-electron chi connectivity index (χ3n) is 2.74. The molecule has 2 aromatic rings. The third-order valence-corrected chi connectivity index (χ3v) is 2.74. The van der Waals surface area contributed by atoms with Crippen LogP contribution in [0.5, 0.6) is 0 Å². The maximum atomic E-state index is 13.6. The van der Waals surface area contributed by atoms with Crippen molar-refractivity contribution in [3.05, 3.63) is 59.4 Å². The van der Waals surface area contributed by atoms with Gasteiger partial charge in [0.15, 0.2) is 5.82 Å². The number of nitrogens with zero attached hydrogens (tertiary/aromatic N) is 1. The van der Waals surface area contributed by atoms with E-state index in [4.69, 9.17) is 5.73 Å². The van der Waals surface area contributed by atoms with Gasteiger partial charge in [0.1, 0.15) is 11.4 Å². The predicted molar refractivity (Wildman–Crippen MR) is 71.0 cm³/mol. The Bertz CT molecular complexity index is 617. The van der Waals surface area contributed by atoms with Gasteiger partial charge in [0, 0.05) is 24.9 Å². The van der Waals surface area contributed by atoms with Gasteiger partial charge in [0.25, 0.3) is 5.91 Å². The number of carbonyl (C=O) groups is 1. The molecule has 3 N–H and O–H groups in total. The van der Waals surface area contributed by atoms with Crippen LogP contribution < -0.4 is 11.1 Å². The van der Waals surface area contributed by atoms with Gasteiger partial charge in [0.2, 0.25) is 0 Å². The molecule has 0 spiro atoms. The Hall–Kier alpha value is -2.50. The number of nitrogen functional groups attached to an aromatic ring is 1. The number of halogens is 2. The lowest BCUT2D eigenvalue weighted by Crippen LogP contribution is -2.28. The van der Waals surface area contributed by atoms with E-state index in [1.54, 1.807) is 18.3 Å². The maximum absolute atomic E-state index is 13.6. The molecule has 0 aliphatic rings. The fourth-order valence-corrected chi connectivity index (χ4v) is 1.72. The first-order chi connectivity index (χ1) is 9.59. The second-order valence-electron chi connectivity index (χ2n) is 4.15. The summed E-state index contributed by atoms with van der Waals surface area (Å²) < 4.78 is 27.1. The average molecular weight is 277 g/mol. The highest BCUT2D eigenvalue weighted by Gasteiger charge is 2.19. The minimum absolute atomic E-state index is 0.226. The molecular weight excluding hydrogens is 264 g/mol. The fraction of sp³-hybridized carbons (Fsp3) is 0.143. The SMILES string of the molecule is Nc1ccc(F)c(C(=O)NCCc2ccccn2)c1F. The molecule has 0 saturated carbocycles. The number of aromatic nitrogens is 1. The molecule has 0 unspecified atom stereocenters. The zero-order valence-corrected chi connectivity index (χ0v) is 10.6. The summed E-state index contributed by atoms with van der Waals surface area (Å²) in [5.74, 6) is -2.81. The van der Waals surface area contributed by atoms with E-state index in [0.29, 0.717) is 6.42 Å². The van der Waals surface area contributed by atoms with E-state index in [2.05, 4.69) is 10.3 Å². The van der Waals surface area contributed by atoms with Crippen molar-refractivity contribution in [2.75, 3.05) is 12.3 Å². The van der Waals surface area contributed by atoms with E-state index < -0.39 is 23.1 Å². The Balaban J connectivity index is 2.01. The van der Waals surface area contributed by atoms with Gasteiger partial charge in [-0.25, -0.2) is 8.78 Å². The summed E-state index contributed by atoms with van der Waals surface area (Å²) in [6.07, 6.45) is 2.10. The maximum Gasteiger partial charge on any atom is 0.257 e. The van der Waals surface area contributed by atoms with Gasteiger partial charge in [-0.2, -0.15) is 0 Å². The summed E-state index contributed by atoms with van der Waals surface area (Å²) in [7, 11) is 0. The second-order valence-corrected chi connectivity index (χ2v) is 4.15. The lowest BCUT2D eigenvalue weighted by Gasteiger charge is -2.08. The summed E-state index contributed by atoms with van der Waals surface area (Å²) in [4.78, 5) is 15.8. The normalized spacial score (nSPS) is 10.3. The summed E-state index contributed by atoms with van der Waals surface area (Å²) in [6, 6.07) is 7.44. The molecule has 0 bridgehead atoms. The van der Waals surface area contributed by atoms with Gasteiger partial charge in [0.05, 0.1) is 5.69 Å². The van der Waals surface area contributed by atoms with Crippen LogP contribution in [0.4, 0.5) is 14.5 Å². The monoisotopic (exact) mass is 277 g/mol. The quantitative estimate of drug-likeness (QED) is 0.839. The summed E-state index contributed by atoms with van der Waals surface area (Å²) in [6.45, 7) is 0.226. The van der Waals surface area contributed by atoms with Crippen LogP contribution in [0, 0.1) is 11.6 Å². The van der Waals surface area contributed by atoms with E-state index in [1.165, 1.54) is 0 Å². The number of nitrogens with one attached hydrogen (secondary N) is 1. The number of anilines is 1. The van der Waals surface area contributed by atoms with Crippen molar-refractivity contribution in [1.29, 1.82) is 0 Å². The van der Waals surface area contributed by atoms with Crippen molar-refractivity contribution in [1.82, 2.24) is 10.3 Å². The molecule has 1 heterocycles. The zero-order chi connectivity index (χ0) is 14.5. The van der Waals surface area contributed by atoms with Gasteiger partial charge >= 0.3 is 0 Å². The molecule has 2 rings (SSSR count). The van der Waals surface area contributed by atoms with Crippen molar-refractivity contribution in [3.63, 3.8) is 0 Å². The molecule has 6 heteroatoms. The number of hydrogen-bond acceptors (Lipinski definition) is 3. The van der Waals surface area contributed by atoms with Crippen molar-refractivity contribution >= 4 is 11.6 Å². The Labute approximate surface area is 114 Å². The van der Waals surface area contributed by atoms with Gasteiger partial charge in [-0.05, 0) is 24.3 Å². The highest BCUT2D eigenvalue weighted by atomic mass is 19.1. The highest BCUT2D eigenvalue weighted by molar-refractivity contribution is 5.95. The molecule has 0 fully saturated rings. The van der Waals surface area contributed by atoms with Crippen LogP contribution in [-0.4, -0.2) is 17.4 Å². The van der Waals surface area contributed by atoms with Gasteiger partial charge in [-0.1, -0.05) is 6.07 Å². The lowest BCUT2D eigenvalue weighted by molar-refractivity contribution is 0.0946. The largest absolute Gasteiger partial charge is 0.396 e. The molecule has 0 saturated heterocycles. The van der Waals surface area contributed by atoms with Gasteiger partial charge < -0.3 is 11.1 Å². The number of amides is 1. The van der Waals surface area contributed by atoms with Crippen molar-refractivity contribution in [3.8, 4) is 0 Å². The van der Waals surface area contributed by atoms with Gasteiger partial charge in [-0.3, -0.25) is 9.78 Å². The van der Waals surface area contributed by atoms with E-state index in [-0.39, 0.29) is 12.2 Å². The number of rotatable bonds is 4. The summed E-state index contributed by atoms with van der Waals surface area (Å²) >= 11 is 0. The number of nitrogens with two attached hydrogens (primary N) is 1. The molecule has 0 radical (unpaired) electrons. The second kappa shape index (κ2) is 6.10. The Morgan fingerprint density at radius 3 is 2.75 bits per heavy atom. The fourth-order valence-electron chi connectivity index (χ4n) is 1.72. The van der Waals surface area contributed by atoms with E-state index in [1.807, 2.05) is 6.07 Å². The molecular formula is C14H13F2N3O. The first-order valence-electron chi connectivity index (χ1n) is 6.01. The first-order valence-corrected chi connectivity index (χ1v) is 6.01. The minimum Gasteiger partial charge on any atom is -0.396 e. The van der Waals surface area contributed by atoms with Crippen LogP contribution in [0.2, 0.25) is 0 Å². The molecule has 0 aliphatic heterocycles. The number of benzene rings is 1. The topological polar surface area (TPSA) is 68.0 Å². The number of hydrogen-bond donors (Lipinski definition) is 2. The van der Waals surface area contributed by atoms with Crippen molar-refractivity contribution in [2.45, 2.75) is 6.42 Å². The molecule has 0 aliphatic carbocycles. The Kier molecular flexibility index (Phi) is 4.24. The van der Waals surface area contributed by atoms with E-state index in [0.717, 1.165) is 17.8 Å². The molecule has 20 heavy (non-hydrogen) atoms. The van der Waals surface area contributed by atoms with Crippen LogP contribution in [0.15, 0.2) is 36.5 Å². The van der Waals surface area contributed by atoms with Crippen molar-refractivity contribution in [2.24, 2.45) is 0 Å². The zero-order valence-electron chi connectivity index (χ0n) is 10.6. The van der Waals surface area contributed by atoms with E-state index in [9.17, 15) is 13.6 Å². The smallest absolute Gasteiger partial charge is 0.257 e. The molecule has 1 aromatic heterocycles. The number of carbonyl (C=O) groups excluding carboxylic acids is 1. The minimum atomic E-state index is -1.04. The first kappa shape index (κ1) is 13.9. The van der Waals surface area contributed by atoms with Crippen LogP contribution in [0.1, 0.15) is 16.1 Å². The molecule has 4 nitrogen and oxygen atoms in total.